The van der Waals surface area contributed by atoms with E-state index in [0.29, 0.717) is 5.95 Å². The van der Waals surface area contributed by atoms with Crippen molar-refractivity contribution in [2.24, 2.45) is 0 Å². The lowest BCUT2D eigenvalue weighted by atomic mass is 9.99. The van der Waals surface area contributed by atoms with Crippen molar-refractivity contribution in [2.75, 3.05) is 0 Å². The highest BCUT2D eigenvalue weighted by molar-refractivity contribution is 7.23. The maximum absolute atomic E-state index is 5.66. The topological polar surface area (TPSA) is 35.6 Å². The Morgan fingerprint density at radius 3 is 1.75 bits per heavy atom. The number of benzene rings is 9. The maximum atomic E-state index is 5.66. The van der Waals surface area contributed by atoms with Crippen molar-refractivity contribution in [2.45, 2.75) is 0 Å². The summed E-state index contributed by atoms with van der Waals surface area (Å²) in [7, 11) is 0. The van der Waals surface area contributed by atoms with E-state index in [1.165, 1.54) is 43.0 Å². The van der Waals surface area contributed by atoms with Gasteiger partial charge in [-0.1, -0.05) is 176 Å². The maximum Gasteiger partial charge on any atom is 0.235 e. The molecule has 0 saturated heterocycles. The first-order valence-corrected chi connectivity index (χ1v) is 22.1. The minimum Gasteiger partial charge on any atom is -0.309 e. The van der Waals surface area contributed by atoms with Gasteiger partial charge in [0.15, 0.2) is 0 Å². The fraction of sp³-hybridized carbons (Fsp3) is 0. The quantitative estimate of drug-likeness (QED) is 0.167. The highest BCUT2D eigenvalue weighted by atomic mass is 32.1. The van der Waals surface area contributed by atoms with Crippen molar-refractivity contribution >= 4 is 75.9 Å². The van der Waals surface area contributed by atoms with Crippen LogP contribution < -0.4 is 0 Å². The molecule has 0 radical (unpaired) electrons. The summed E-state index contributed by atoms with van der Waals surface area (Å²) < 4.78 is 5.78. The first-order chi connectivity index (χ1) is 31.3. The number of rotatable bonds is 6. The van der Waals surface area contributed by atoms with Gasteiger partial charge in [0.2, 0.25) is 5.95 Å². The van der Waals surface area contributed by atoms with Crippen molar-refractivity contribution in [3.63, 3.8) is 0 Å². The Morgan fingerprint density at radius 1 is 0.381 bits per heavy atom. The standard InChI is InChI=1S/C58H36N4S/c1-5-18-37(19-6-1)52-54-57(63-56(52)39-22-9-3-10-23-39)53(38-20-7-2-8-21-38)59-58(60-54)62-50-33-32-42(35-47(50)48-34-40-24-13-14-25-41(40)36-51(48)62)44-29-17-30-46-45-28-15-16-31-49(45)61(55(44)46)43-26-11-4-12-27-43/h1-36H. The largest absolute Gasteiger partial charge is 0.309 e. The smallest absolute Gasteiger partial charge is 0.235 e. The normalized spacial score (nSPS) is 11.8. The van der Waals surface area contributed by atoms with Crippen LogP contribution in [0.1, 0.15) is 0 Å². The molecule has 0 fully saturated rings. The molecule has 4 aromatic heterocycles. The molecule has 0 spiro atoms. The van der Waals surface area contributed by atoms with Crippen molar-refractivity contribution in [1.82, 2.24) is 19.1 Å². The summed E-state index contributed by atoms with van der Waals surface area (Å²) in [4.78, 5) is 12.4. The summed E-state index contributed by atoms with van der Waals surface area (Å²) in [6, 6.07) is 78.4. The van der Waals surface area contributed by atoms with Crippen molar-refractivity contribution in [3.05, 3.63) is 218 Å². The predicted octanol–water partition coefficient (Wildman–Crippen LogP) is 15.7. The molecule has 13 rings (SSSR count). The number of hydrogen-bond acceptors (Lipinski definition) is 3. The van der Waals surface area contributed by atoms with Crippen LogP contribution in [0.4, 0.5) is 0 Å². The molecular formula is C58H36N4S. The monoisotopic (exact) mass is 820 g/mol. The second-order valence-electron chi connectivity index (χ2n) is 16.1. The van der Waals surface area contributed by atoms with Crippen LogP contribution in [-0.2, 0) is 0 Å². The Bertz CT molecular complexity index is 3890. The predicted molar refractivity (Wildman–Crippen MR) is 265 cm³/mol. The molecular weight excluding hydrogens is 785 g/mol. The SMILES string of the molecule is c1ccc(-c2sc3c(-c4ccccc4)nc(-n4c5ccc(-c6cccc7c8ccccc8n(-c8ccccc8)c67)cc5c5cc6ccccc6cc54)nc3c2-c2ccccc2)cc1. The Balaban J connectivity index is 1.13. The molecule has 294 valence electrons. The summed E-state index contributed by atoms with van der Waals surface area (Å²) in [6.45, 7) is 0. The van der Waals surface area contributed by atoms with Gasteiger partial charge in [0.25, 0.3) is 0 Å². The van der Waals surface area contributed by atoms with Crippen LogP contribution in [0.5, 0.6) is 0 Å². The van der Waals surface area contributed by atoms with E-state index in [2.05, 4.69) is 228 Å². The second-order valence-corrected chi connectivity index (χ2v) is 17.1. The molecule has 0 bridgehead atoms. The Morgan fingerprint density at radius 2 is 0.984 bits per heavy atom. The lowest BCUT2D eigenvalue weighted by molar-refractivity contribution is 1.02. The molecule has 0 aliphatic rings. The Hall–Kier alpha value is -8.12. The van der Waals surface area contributed by atoms with Crippen molar-refractivity contribution in [3.8, 4) is 55.6 Å². The Labute approximate surface area is 367 Å². The van der Waals surface area contributed by atoms with Crippen LogP contribution in [0.15, 0.2) is 218 Å². The van der Waals surface area contributed by atoms with Crippen LogP contribution in [0, 0.1) is 0 Å². The van der Waals surface area contributed by atoms with Gasteiger partial charge in [-0.3, -0.25) is 4.57 Å². The van der Waals surface area contributed by atoms with Crippen LogP contribution in [-0.4, -0.2) is 19.1 Å². The summed E-state index contributed by atoms with van der Waals surface area (Å²) in [5.74, 6) is 0.644. The molecule has 0 amide bonds. The molecule has 63 heavy (non-hydrogen) atoms. The van der Waals surface area contributed by atoms with Gasteiger partial charge >= 0.3 is 0 Å². The van der Waals surface area contributed by atoms with Gasteiger partial charge in [0.05, 0.1) is 38.0 Å². The average molecular weight is 821 g/mol. The number of aromatic nitrogens is 4. The van der Waals surface area contributed by atoms with Gasteiger partial charge < -0.3 is 4.57 Å². The highest BCUT2D eigenvalue weighted by Gasteiger charge is 2.25. The summed E-state index contributed by atoms with van der Waals surface area (Å²) >= 11 is 1.77. The number of para-hydroxylation sites is 3. The molecule has 4 heterocycles. The van der Waals surface area contributed by atoms with Crippen molar-refractivity contribution < 1.29 is 0 Å². The molecule has 0 aliphatic carbocycles. The zero-order chi connectivity index (χ0) is 41.4. The summed E-state index contributed by atoms with van der Waals surface area (Å²) in [6.07, 6.45) is 0. The minimum atomic E-state index is 0.644. The molecule has 5 heteroatoms. The van der Waals surface area contributed by atoms with E-state index in [1.807, 2.05) is 0 Å². The lowest BCUT2D eigenvalue weighted by Gasteiger charge is -2.13. The molecule has 0 saturated carbocycles. The van der Waals surface area contributed by atoms with E-state index in [-0.39, 0.29) is 0 Å². The molecule has 0 atom stereocenters. The van der Waals surface area contributed by atoms with Gasteiger partial charge in [0.1, 0.15) is 0 Å². The Kier molecular flexibility index (Phi) is 8.05. The fourth-order valence-corrected chi connectivity index (χ4v) is 11.0. The highest BCUT2D eigenvalue weighted by Crippen LogP contribution is 2.48. The van der Waals surface area contributed by atoms with Gasteiger partial charge in [-0.2, -0.15) is 0 Å². The summed E-state index contributed by atoms with van der Waals surface area (Å²) in [5, 5.41) is 7.14. The van der Waals surface area contributed by atoms with Crippen LogP contribution >= 0.6 is 11.3 Å². The summed E-state index contributed by atoms with van der Waals surface area (Å²) in [5.41, 5.74) is 14.3. The van der Waals surface area contributed by atoms with E-state index in [4.69, 9.17) is 9.97 Å². The third kappa shape index (κ3) is 5.60. The second kappa shape index (κ2) is 14.2. The van der Waals surface area contributed by atoms with Gasteiger partial charge in [0, 0.05) is 48.8 Å². The zero-order valence-electron chi connectivity index (χ0n) is 34.0. The molecule has 0 N–H and O–H groups in total. The van der Waals surface area contributed by atoms with E-state index in [1.54, 1.807) is 11.3 Å². The number of fused-ring (bicyclic) bond motifs is 8. The third-order valence-electron chi connectivity index (χ3n) is 12.5. The first-order valence-electron chi connectivity index (χ1n) is 21.3. The first kappa shape index (κ1) is 35.6. The molecule has 0 aliphatic heterocycles. The van der Waals surface area contributed by atoms with E-state index in [9.17, 15) is 0 Å². The molecule has 4 nitrogen and oxygen atoms in total. The molecule has 0 unspecified atom stereocenters. The van der Waals surface area contributed by atoms with Crippen LogP contribution in [0.3, 0.4) is 0 Å². The molecule has 13 aromatic rings. The average Bonchev–Trinajstić information content (AvgIpc) is 4.02. The van der Waals surface area contributed by atoms with E-state index in [0.717, 1.165) is 71.2 Å². The van der Waals surface area contributed by atoms with E-state index < -0.39 is 0 Å². The van der Waals surface area contributed by atoms with Gasteiger partial charge in [-0.15, -0.1) is 11.3 Å². The van der Waals surface area contributed by atoms with E-state index >= 15 is 0 Å². The van der Waals surface area contributed by atoms with Crippen molar-refractivity contribution in [1.29, 1.82) is 0 Å². The molecule has 9 aromatic carbocycles. The zero-order valence-corrected chi connectivity index (χ0v) is 34.8. The van der Waals surface area contributed by atoms with Crippen LogP contribution in [0.2, 0.25) is 0 Å². The minimum absolute atomic E-state index is 0.644. The number of nitrogens with zero attached hydrogens (tertiary/aromatic N) is 4. The fourth-order valence-electron chi connectivity index (χ4n) is 9.71. The third-order valence-corrected chi connectivity index (χ3v) is 13.8. The number of thiophene rings is 1. The number of hydrogen-bond donors (Lipinski definition) is 0. The van der Waals surface area contributed by atoms with Crippen LogP contribution in [0.25, 0.3) is 120 Å². The van der Waals surface area contributed by atoms with Gasteiger partial charge in [-0.05, 0) is 69.9 Å². The lowest BCUT2D eigenvalue weighted by Crippen LogP contribution is -2.03. The van der Waals surface area contributed by atoms with Gasteiger partial charge in [-0.25, -0.2) is 9.97 Å².